The van der Waals surface area contributed by atoms with Crippen LogP contribution in [-0.4, -0.2) is 8.42 Å². The standard InChI is InChI=1S/C12H12BrFN2O2S2/c1-7(8-2-3-19-6-8)16-20(17,18)12-4-9(13)10(14)5-11(12)15/h2-7,16H,15H2,1H3. The first-order valence-electron chi connectivity index (χ1n) is 5.60. The first-order valence-corrected chi connectivity index (χ1v) is 8.82. The quantitative estimate of drug-likeness (QED) is 0.801. The monoisotopic (exact) mass is 378 g/mol. The molecule has 2 aromatic rings. The fraction of sp³-hybridized carbons (Fsp3) is 0.167. The number of hydrogen-bond donors (Lipinski definition) is 2. The van der Waals surface area contributed by atoms with Crippen LogP contribution >= 0.6 is 27.3 Å². The van der Waals surface area contributed by atoms with Gasteiger partial charge in [-0.15, -0.1) is 0 Å². The SMILES string of the molecule is CC(NS(=O)(=O)c1cc(Br)c(F)cc1N)c1ccsc1. The summed E-state index contributed by atoms with van der Waals surface area (Å²) in [5.74, 6) is -0.604. The van der Waals surface area contributed by atoms with Gasteiger partial charge in [-0.1, -0.05) is 0 Å². The first-order chi connectivity index (χ1) is 9.31. The van der Waals surface area contributed by atoms with Gasteiger partial charge in [0.25, 0.3) is 0 Å². The average molecular weight is 379 g/mol. The van der Waals surface area contributed by atoms with Crippen molar-refractivity contribution in [1.82, 2.24) is 4.72 Å². The van der Waals surface area contributed by atoms with Gasteiger partial charge in [0.15, 0.2) is 0 Å². The minimum atomic E-state index is -3.82. The fourth-order valence-electron chi connectivity index (χ4n) is 1.66. The molecule has 0 amide bonds. The predicted octanol–water partition coefficient (Wildman–Crippen LogP) is 3.27. The molecule has 2 rings (SSSR count). The normalized spacial score (nSPS) is 13.3. The van der Waals surface area contributed by atoms with E-state index >= 15 is 0 Å². The van der Waals surface area contributed by atoms with Gasteiger partial charge < -0.3 is 5.73 Å². The van der Waals surface area contributed by atoms with E-state index < -0.39 is 21.9 Å². The zero-order valence-electron chi connectivity index (χ0n) is 10.4. The number of anilines is 1. The molecule has 0 aliphatic heterocycles. The molecule has 0 aliphatic carbocycles. The van der Waals surface area contributed by atoms with Crippen molar-refractivity contribution < 1.29 is 12.8 Å². The van der Waals surface area contributed by atoms with Crippen LogP contribution in [0, 0.1) is 5.82 Å². The van der Waals surface area contributed by atoms with Crippen molar-refractivity contribution in [2.45, 2.75) is 17.9 Å². The Morgan fingerprint density at radius 3 is 2.75 bits per heavy atom. The molecule has 1 aromatic heterocycles. The Labute approximate surface area is 129 Å². The van der Waals surface area contributed by atoms with Crippen molar-refractivity contribution in [3.8, 4) is 0 Å². The summed E-state index contributed by atoms with van der Waals surface area (Å²) >= 11 is 4.44. The Morgan fingerprint density at radius 1 is 1.45 bits per heavy atom. The molecular formula is C12H12BrFN2O2S2. The molecule has 0 aliphatic rings. The fourth-order valence-corrected chi connectivity index (χ4v) is 4.28. The average Bonchev–Trinajstić information content (AvgIpc) is 2.86. The lowest BCUT2D eigenvalue weighted by Gasteiger charge is -2.15. The molecule has 8 heteroatoms. The number of benzene rings is 1. The zero-order valence-corrected chi connectivity index (χ0v) is 13.6. The van der Waals surface area contributed by atoms with Crippen molar-refractivity contribution in [2.24, 2.45) is 0 Å². The molecule has 20 heavy (non-hydrogen) atoms. The molecule has 0 radical (unpaired) electrons. The maximum atomic E-state index is 13.3. The smallest absolute Gasteiger partial charge is 0.243 e. The Kier molecular flexibility index (Phi) is 4.48. The second-order valence-electron chi connectivity index (χ2n) is 4.20. The lowest BCUT2D eigenvalue weighted by atomic mass is 10.2. The third kappa shape index (κ3) is 3.20. The second kappa shape index (κ2) is 5.80. The van der Waals surface area contributed by atoms with E-state index in [2.05, 4.69) is 20.7 Å². The van der Waals surface area contributed by atoms with Crippen molar-refractivity contribution in [1.29, 1.82) is 0 Å². The summed E-state index contributed by atoms with van der Waals surface area (Å²) in [6, 6.07) is 3.58. The highest BCUT2D eigenvalue weighted by Gasteiger charge is 2.22. The number of nitrogen functional groups attached to an aromatic ring is 1. The Morgan fingerprint density at radius 2 is 2.15 bits per heavy atom. The molecular weight excluding hydrogens is 367 g/mol. The molecule has 1 atom stereocenters. The van der Waals surface area contributed by atoms with Crippen LogP contribution in [0.4, 0.5) is 10.1 Å². The van der Waals surface area contributed by atoms with Crippen molar-refractivity contribution in [3.63, 3.8) is 0 Å². The predicted molar refractivity (Wildman–Crippen MR) is 81.6 cm³/mol. The van der Waals surface area contributed by atoms with Crippen LogP contribution < -0.4 is 10.5 Å². The van der Waals surface area contributed by atoms with Crippen LogP contribution in [0.25, 0.3) is 0 Å². The molecule has 0 saturated heterocycles. The van der Waals surface area contributed by atoms with Crippen LogP contribution in [0.15, 0.2) is 38.3 Å². The van der Waals surface area contributed by atoms with Crippen LogP contribution in [0.1, 0.15) is 18.5 Å². The van der Waals surface area contributed by atoms with Gasteiger partial charge in [-0.2, -0.15) is 11.3 Å². The lowest BCUT2D eigenvalue weighted by molar-refractivity contribution is 0.567. The molecule has 0 bridgehead atoms. The van der Waals surface area contributed by atoms with Gasteiger partial charge >= 0.3 is 0 Å². The molecule has 1 heterocycles. The summed E-state index contributed by atoms with van der Waals surface area (Å²) in [5.41, 5.74) is 6.32. The summed E-state index contributed by atoms with van der Waals surface area (Å²) in [6.07, 6.45) is 0. The molecule has 1 aromatic carbocycles. The summed E-state index contributed by atoms with van der Waals surface area (Å²) in [5, 5.41) is 3.72. The van der Waals surface area contributed by atoms with Gasteiger partial charge in [0.2, 0.25) is 10.0 Å². The van der Waals surface area contributed by atoms with Gasteiger partial charge in [0, 0.05) is 6.04 Å². The van der Waals surface area contributed by atoms with E-state index in [0.29, 0.717) is 0 Å². The topological polar surface area (TPSA) is 72.2 Å². The maximum Gasteiger partial charge on any atom is 0.243 e. The number of thiophene rings is 1. The highest BCUT2D eigenvalue weighted by molar-refractivity contribution is 9.10. The largest absolute Gasteiger partial charge is 0.398 e. The second-order valence-corrected chi connectivity index (χ2v) is 7.52. The molecule has 0 fully saturated rings. The Bertz CT molecular complexity index is 717. The summed E-state index contributed by atoms with van der Waals surface area (Å²) in [4.78, 5) is -0.146. The van der Waals surface area contributed by atoms with Crippen LogP contribution in [0.3, 0.4) is 0 Å². The number of nitrogens with one attached hydrogen (secondary N) is 1. The summed E-state index contributed by atoms with van der Waals surface area (Å²) in [6.45, 7) is 1.73. The number of rotatable bonds is 4. The Balaban J connectivity index is 2.34. The molecule has 1 unspecified atom stereocenters. The lowest BCUT2D eigenvalue weighted by Crippen LogP contribution is -2.27. The van der Waals surface area contributed by atoms with Crippen LogP contribution in [0.5, 0.6) is 0 Å². The molecule has 108 valence electrons. The molecule has 4 nitrogen and oxygen atoms in total. The van der Waals surface area contributed by atoms with E-state index in [-0.39, 0.29) is 15.1 Å². The van der Waals surface area contributed by atoms with Gasteiger partial charge in [-0.05, 0) is 57.4 Å². The van der Waals surface area contributed by atoms with E-state index in [0.717, 1.165) is 17.7 Å². The number of sulfonamides is 1. The third-order valence-corrected chi connectivity index (χ3v) is 5.62. The van der Waals surface area contributed by atoms with Gasteiger partial charge in [-0.25, -0.2) is 17.5 Å². The highest BCUT2D eigenvalue weighted by atomic mass is 79.9. The number of nitrogens with two attached hydrogens (primary N) is 1. The summed E-state index contributed by atoms with van der Waals surface area (Å²) < 4.78 is 40.4. The zero-order chi connectivity index (χ0) is 14.9. The Hall–Kier alpha value is -0.960. The minimum Gasteiger partial charge on any atom is -0.398 e. The first kappa shape index (κ1) is 15.4. The molecule has 0 saturated carbocycles. The van der Waals surface area contributed by atoms with E-state index in [1.807, 2.05) is 16.8 Å². The minimum absolute atomic E-state index is 0.0512. The van der Waals surface area contributed by atoms with E-state index in [1.165, 1.54) is 11.3 Å². The van der Waals surface area contributed by atoms with E-state index in [9.17, 15) is 12.8 Å². The van der Waals surface area contributed by atoms with Gasteiger partial charge in [0.1, 0.15) is 10.7 Å². The maximum absolute atomic E-state index is 13.3. The van der Waals surface area contributed by atoms with Gasteiger partial charge in [0.05, 0.1) is 10.2 Å². The number of halogens is 2. The summed E-state index contributed by atoms with van der Waals surface area (Å²) in [7, 11) is -3.82. The third-order valence-electron chi connectivity index (χ3n) is 2.72. The highest BCUT2D eigenvalue weighted by Crippen LogP contribution is 2.27. The van der Waals surface area contributed by atoms with Crippen molar-refractivity contribution >= 4 is 43.0 Å². The van der Waals surface area contributed by atoms with Gasteiger partial charge in [-0.3, -0.25) is 0 Å². The van der Waals surface area contributed by atoms with Crippen molar-refractivity contribution in [3.05, 3.63) is 44.8 Å². The van der Waals surface area contributed by atoms with Crippen molar-refractivity contribution in [2.75, 3.05) is 5.73 Å². The van der Waals surface area contributed by atoms with Crippen LogP contribution in [-0.2, 0) is 10.0 Å². The molecule has 3 N–H and O–H groups in total. The molecule has 0 spiro atoms. The van der Waals surface area contributed by atoms with Crippen LogP contribution in [0.2, 0.25) is 0 Å². The van der Waals surface area contributed by atoms with E-state index in [1.54, 1.807) is 6.92 Å². The number of hydrogen-bond acceptors (Lipinski definition) is 4. The van der Waals surface area contributed by atoms with E-state index in [4.69, 9.17) is 5.73 Å².